The minimum Gasteiger partial charge on any atom is -0.310 e. The third-order valence-corrected chi connectivity index (χ3v) is 5.28. The number of anilines is 2. The molecule has 0 atom stereocenters. The Hall–Kier alpha value is -4.80. The molecule has 11 heteroatoms. The Balaban J connectivity index is 1.87. The SMILES string of the molecule is Cc1cc(F)ccc1-c1nc(Nc2ccnc(=O)[nH]2)nc2c1ccc(=O)n2-c1c(F)cccc1F. The van der Waals surface area contributed by atoms with Gasteiger partial charge in [0.2, 0.25) is 5.95 Å². The van der Waals surface area contributed by atoms with E-state index in [0.29, 0.717) is 11.1 Å². The van der Waals surface area contributed by atoms with Crippen molar-refractivity contribution >= 4 is 22.8 Å². The molecule has 0 saturated carbocycles. The monoisotopic (exact) mass is 476 g/mol. The molecule has 0 bridgehead atoms. The average Bonchev–Trinajstić information content (AvgIpc) is 2.80. The van der Waals surface area contributed by atoms with Gasteiger partial charge in [0, 0.05) is 23.2 Å². The van der Waals surface area contributed by atoms with E-state index in [-0.39, 0.29) is 28.5 Å². The topological polar surface area (TPSA) is 106 Å². The van der Waals surface area contributed by atoms with E-state index in [1.807, 2.05) is 0 Å². The van der Waals surface area contributed by atoms with Crippen LogP contribution in [-0.2, 0) is 0 Å². The number of aromatic nitrogens is 5. The Morgan fingerprint density at radius 2 is 1.71 bits per heavy atom. The van der Waals surface area contributed by atoms with Crippen molar-refractivity contribution in [3.8, 4) is 16.9 Å². The first-order valence-corrected chi connectivity index (χ1v) is 10.3. The van der Waals surface area contributed by atoms with Gasteiger partial charge < -0.3 is 5.32 Å². The number of nitrogens with one attached hydrogen (secondary N) is 2. The van der Waals surface area contributed by atoms with Crippen molar-refractivity contribution < 1.29 is 13.2 Å². The summed E-state index contributed by atoms with van der Waals surface area (Å²) in [5.74, 6) is -2.29. The maximum atomic E-state index is 14.7. The van der Waals surface area contributed by atoms with Crippen molar-refractivity contribution in [1.29, 1.82) is 0 Å². The highest BCUT2D eigenvalue weighted by Gasteiger charge is 2.20. The van der Waals surface area contributed by atoms with Crippen molar-refractivity contribution in [3.63, 3.8) is 0 Å². The number of halogens is 3. The Morgan fingerprint density at radius 1 is 0.943 bits per heavy atom. The standard InChI is InChI=1S/C24H15F3N6O2/c1-12-11-13(25)5-6-14(12)20-15-7-8-19(34)33(21-16(26)3-2-4-17(21)27)22(15)32-23(31-20)29-18-9-10-28-24(35)30-18/h2-11H,1H3,(H2,28,29,30,31,32,35). The fraction of sp³-hybridized carbons (Fsp3) is 0.0417. The van der Waals surface area contributed by atoms with Gasteiger partial charge in [0.1, 0.15) is 29.0 Å². The van der Waals surface area contributed by atoms with Gasteiger partial charge in [-0.3, -0.25) is 14.3 Å². The Kier molecular flexibility index (Phi) is 5.36. The number of para-hydroxylation sites is 1. The van der Waals surface area contributed by atoms with E-state index in [9.17, 15) is 22.8 Å². The van der Waals surface area contributed by atoms with Crippen LogP contribution in [0.1, 0.15) is 5.56 Å². The van der Waals surface area contributed by atoms with Crippen LogP contribution in [0, 0.1) is 24.4 Å². The molecule has 8 nitrogen and oxygen atoms in total. The first kappa shape index (κ1) is 22.0. The number of H-pyrrole nitrogens is 1. The summed E-state index contributed by atoms with van der Waals surface area (Å²) >= 11 is 0. The zero-order valence-electron chi connectivity index (χ0n) is 18.0. The van der Waals surface area contributed by atoms with Crippen LogP contribution in [0.5, 0.6) is 0 Å². The van der Waals surface area contributed by atoms with Gasteiger partial charge in [-0.1, -0.05) is 6.07 Å². The lowest BCUT2D eigenvalue weighted by Gasteiger charge is -2.16. The molecule has 0 fully saturated rings. The van der Waals surface area contributed by atoms with Crippen LogP contribution in [0.2, 0.25) is 0 Å². The molecule has 3 aromatic heterocycles. The number of fused-ring (bicyclic) bond motifs is 1. The van der Waals surface area contributed by atoms with Crippen molar-refractivity contribution in [2.45, 2.75) is 6.92 Å². The highest BCUT2D eigenvalue weighted by molar-refractivity contribution is 5.93. The molecular formula is C24H15F3N6O2. The van der Waals surface area contributed by atoms with E-state index in [1.165, 1.54) is 42.6 Å². The van der Waals surface area contributed by atoms with Crippen LogP contribution in [0.4, 0.5) is 24.9 Å². The molecule has 0 amide bonds. The molecule has 5 aromatic rings. The van der Waals surface area contributed by atoms with Gasteiger partial charge in [-0.15, -0.1) is 0 Å². The fourth-order valence-electron chi connectivity index (χ4n) is 3.75. The summed E-state index contributed by atoms with van der Waals surface area (Å²) in [5, 5.41) is 3.10. The van der Waals surface area contributed by atoms with E-state index in [0.717, 1.165) is 22.8 Å². The van der Waals surface area contributed by atoms with E-state index in [2.05, 4.69) is 25.3 Å². The minimum absolute atomic E-state index is 0.0887. The van der Waals surface area contributed by atoms with Crippen molar-refractivity contribution in [2.75, 3.05) is 5.32 Å². The van der Waals surface area contributed by atoms with Crippen LogP contribution in [-0.4, -0.2) is 24.5 Å². The molecule has 0 aliphatic carbocycles. The predicted molar refractivity (Wildman–Crippen MR) is 123 cm³/mol. The van der Waals surface area contributed by atoms with Gasteiger partial charge in [-0.05, 0) is 55.0 Å². The number of nitrogens with zero attached hydrogens (tertiary/aromatic N) is 4. The number of pyridine rings is 1. The molecule has 35 heavy (non-hydrogen) atoms. The number of benzene rings is 2. The lowest BCUT2D eigenvalue weighted by Crippen LogP contribution is -2.21. The molecule has 0 aliphatic heterocycles. The smallest absolute Gasteiger partial charge is 0.310 e. The number of hydrogen-bond acceptors (Lipinski definition) is 6. The predicted octanol–water partition coefficient (Wildman–Crippen LogP) is 4.00. The maximum Gasteiger partial charge on any atom is 0.346 e. The van der Waals surface area contributed by atoms with Crippen molar-refractivity contribution in [1.82, 2.24) is 24.5 Å². The third kappa shape index (κ3) is 4.03. The van der Waals surface area contributed by atoms with Crippen molar-refractivity contribution in [2.24, 2.45) is 0 Å². The van der Waals surface area contributed by atoms with Crippen LogP contribution in [0.3, 0.4) is 0 Å². The summed E-state index contributed by atoms with van der Waals surface area (Å²) in [6.07, 6.45) is 1.26. The lowest BCUT2D eigenvalue weighted by atomic mass is 10.0. The highest BCUT2D eigenvalue weighted by Crippen LogP contribution is 2.31. The van der Waals surface area contributed by atoms with E-state index >= 15 is 0 Å². The average molecular weight is 476 g/mol. The summed E-state index contributed by atoms with van der Waals surface area (Å²) in [6.45, 7) is 1.67. The molecule has 0 aliphatic rings. The summed E-state index contributed by atoms with van der Waals surface area (Å²) in [6, 6.07) is 11.3. The highest BCUT2D eigenvalue weighted by atomic mass is 19.1. The number of aromatic amines is 1. The van der Waals surface area contributed by atoms with E-state index in [1.54, 1.807) is 6.92 Å². The molecule has 0 saturated heterocycles. The Bertz CT molecular complexity index is 1710. The zero-order chi connectivity index (χ0) is 24.7. The second-order valence-electron chi connectivity index (χ2n) is 7.58. The first-order valence-electron chi connectivity index (χ1n) is 10.3. The lowest BCUT2D eigenvalue weighted by molar-refractivity contribution is 0.568. The van der Waals surface area contributed by atoms with Gasteiger partial charge in [0.05, 0.1) is 5.69 Å². The van der Waals surface area contributed by atoms with Gasteiger partial charge >= 0.3 is 5.69 Å². The molecular weight excluding hydrogens is 461 g/mol. The van der Waals surface area contributed by atoms with Gasteiger partial charge in [-0.2, -0.15) is 4.98 Å². The normalized spacial score (nSPS) is 11.1. The Morgan fingerprint density at radius 3 is 2.43 bits per heavy atom. The Labute approximate surface area is 194 Å². The number of hydrogen-bond donors (Lipinski definition) is 2. The molecule has 0 radical (unpaired) electrons. The van der Waals surface area contributed by atoms with Gasteiger partial charge in [0.25, 0.3) is 5.56 Å². The van der Waals surface area contributed by atoms with Gasteiger partial charge in [0.15, 0.2) is 5.65 Å². The zero-order valence-corrected chi connectivity index (χ0v) is 18.0. The molecule has 0 unspecified atom stereocenters. The van der Waals surface area contributed by atoms with Crippen LogP contribution in [0.15, 0.2) is 70.4 Å². The summed E-state index contributed by atoms with van der Waals surface area (Å²) < 4.78 is 44.0. The van der Waals surface area contributed by atoms with E-state index < -0.39 is 34.4 Å². The van der Waals surface area contributed by atoms with Gasteiger partial charge in [-0.25, -0.2) is 27.9 Å². The van der Waals surface area contributed by atoms with Crippen LogP contribution < -0.4 is 16.6 Å². The summed E-state index contributed by atoms with van der Waals surface area (Å²) in [4.78, 5) is 39.3. The number of aryl methyl sites for hydroxylation is 1. The van der Waals surface area contributed by atoms with Crippen LogP contribution in [0.25, 0.3) is 28.0 Å². The largest absolute Gasteiger partial charge is 0.346 e. The first-order chi connectivity index (χ1) is 16.8. The summed E-state index contributed by atoms with van der Waals surface area (Å²) in [7, 11) is 0. The van der Waals surface area contributed by atoms with Crippen molar-refractivity contribution in [3.05, 3.63) is 105 Å². The summed E-state index contributed by atoms with van der Waals surface area (Å²) in [5.41, 5.74) is -0.758. The molecule has 2 aromatic carbocycles. The quantitative estimate of drug-likeness (QED) is 0.406. The fourth-order valence-corrected chi connectivity index (χ4v) is 3.75. The molecule has 3 heterocycles. The molecule has 2 N–H and O–H groups in total. The third-order valence-electron chi connectivity index (χ3n) is 5.28. The second kappa shape index (κ2) is 8.52. The molecule has 174 valence electrons. The molecule has 5 rings (SSSR count). The maximum absolute atomic E-state index is 14.7. The molecule has 0 spiro atoms. The van der Waals surface area contributed by atoms with Crippen LogP contribution >= 0.6 is 0 Å². The number of rotatable bonds is 4. The van der Waals surface area contributed by atoms with E-state index in [4.69, 9.17) is 0 Å². The second-order valence-corrected chi connectivity index (χ2v) is 7.58. The minimum atomic E-state index is -0.967.